The van der Waals surface area contributed by atoms with Crippen molar-refractivity contribution in [3.05, 3.63) is 0 Å². The van der Waals surface area contributed by atoms with Gasteiger partial charge in [-0.3, -0.25) is 14.1 Å². The van der Waals surface area contributed by atoms with Gasteiger partial charge in [-0.1, -0.05) is 0 Å². The van der Waals surface area contributed by atoms with Crippen LogP contribution in [0.5, 0.6) is 0 Å². The molecule has 88 valence electrons. The molecule has 6 N–H and O–H groups in total. The van der Waals surface area contributed by atoms with Crippen molar-refractivity contribution in [2.45, 2.75) is 6.04 Å². The molecule has 9 nitrogen and oxygen atoms in total. The van der Waals surface area contributed by atoms with Crippen LogP contribution < -0.4 is 11.1 Å². The third kappa shape index (κ3) is 8.03. The molecule has 0 saturated carbocycles. The highest BCUT2D eigenvalue weighted by Crippen LogP contribution is 2.35. The molecule has 0 rings (SSSR count). The Balaban J connectivity index is 3.89. The van der Waals surface area contributed by atoms with E-state index in [0.29, 0.717) is 0 Å². The lowest BCUT2D eigenvalue weighted by Crippen LogP contribution is -2.45. The van der Waals surface area contributed by atoms with Crippen molar-refractivity contribution in [2.24, 2.45) is 5.73 Å². The Morgan fingerprint density at radius 2 is 2.00 bits per heavy atom. The number of phosphoric ester groups is 1. The number of hydrogen-bond acceptors (Lipinski definition) is 5. The molecule has 0 aliphatic carbocycles. The number of nitrogens with two attached hydrogens (primary N) is 1. The smallest absolute Gasteiger partial charge is 0.469 e. The van der Waals surface area contributed by atoms with E-state index in [1.807, 2.05) is 5.32 Å². The lowest BCUT2D eigenvalue weighted by Gasteiger charge is -2.11. The van der Waals surface area contributed by atoms with Crippen molar-refractivity contribution in [3.63, 3.8) is 0 Å². The predicted molar refractivity (Wildman–Crippen MR) is 46.6 cm³/mol. The number of amides is 1. The van der Waals surface area contributed by atoms with E-state index in [1.165, 1.54) is 0 Å². The Labute approximate surface area is 84.5 Å². The third-order valence-electron chi connectivity index (χ3n) is 1.17. The van der Waals surface area contributed by atoms with Crippen molar-refractivity contribution in [1.29, 1.82) is 0 Å². The number of hydrogen-bond donors (Lipinski definition) is 5. The second-order valence-electron chi connectivity index (χ2n) is 2.50. The number of phosphoric acid groups is 1. The fourth-order valence-corrected chi connectivity index (χ4v) is 0.902. The van der Waals surface area contributed by atoms with Gasteiger partial charge in [0.25, 0.3) is 0 Å². The SMILES string of the molecule is NC(COP(=O)(O)O)C(=O)NCC(=O)O. The Morgan fingerprint density at radius 1 is 1.47 bits per heavy atom. The zero-order chi connectivity index (χ0) is 12.1. The number of rotatable bonds is 6. The van der Waals surface area contributed by atoms with Gasteiger partial charge in [-0.2, -0.15) is 0 Å². The van der Waals surface area contributed by atoms with Gasteiger partial charge in [-0.25, -0.2) is 4.57 Å². The number of carbonyl (C=O) groups excluding carboxylic acids is 1. The summed E-state index contributed by atoms with van der Waals surface area (Å²) in [5, 5.41) is 10.1. The van der Waals surface area contributed by atoms with E-state index in [9.17, 15) is 14.2 Å². The predicted octanol–water partition coefficient (Wildman–Crippen LogP) is -2.38. The number of aliphatic carboxylic acids is 1. The lowest BCUT2D eigenvalue weighted by atomic mass is 10.3. The van der Waals surface area contributed by atoms with E-state index in [1.54, 1.807) is 0 Å². The van der Waals surface area contributed by atoms with E-state index in [2.05, 4.69) is 4.52 Å². The average Bonchev–Trinajstić information content (AvgIpc) is 2.08. The van der Waals surface area contributed by atoms with Crippen molar-refractivity contribution in [2.75, 3.05) is 13.2 Å². The first-order chi connectivity index (χ1) is 6.72. The Bertz CT molecular complexity index is 287. The molecular formula is C5H11N2O7P. The molecule has 0 spiro atoms. The molecule has 1 amide bonds. The zero-order valence-electron chi connectivity index (χ0n) is 7.49. The highest BCUT2D eigenvalue weighted by Gasteiger charge is 2.20. The first-order valence-electron chi connectivity index (χ1n) is 3.67. The van der Waals surface area contributed by atoms with Crippen molar-refractivity contribution in [3.8, 4) is 0 Å². The van der Waals surface area contributed by atoms with Crippen molar-refractivity contribution < 1.29 is 33.6 Å². The van der Waals surface area contributed by atoms with Gasteiger partial charge in [0.1, 0.15) is 12.6 Å². The van der Waals surface area contributed by atoms with Crippen LogP contribution in [0.15, 0.2) is 0 Å². The summed E-state index contributed by atoms with van der Waals surface area (Å²) >= 11 is 0. The maximum absolute atomic E-state index is 10.9. The molecule has 1 atom stereocenters. The van der Waals surface area contributed by atoms with E-state index in [0.717, 1.165) is 0 Å². The number of carboxylic acid groups (broad SMARTS) is 1. The van der Waals surface area contributed by atoms with Gasteiger partial charge in [-0.05, 0) is 0 Å². The van der Waals surface area contributed by atoms with Crippen LogP contribution in [-0.4, -0.2) is 46.0 Å². The Morgan fingerprint density at radius 3 is 2.40 bits per heavy atom. The number of carboxylic acids is 1. The molecule has 0 radical (unpaired) electrons. The first kappa shape index (κ1) is 14.0. The Hall–Kier alpha value is -0.990. The van der Waals surface area contributed by atoms with E-state index in [4.69, 9.17) is 20.6 Å². The third-order valence-corrected chi connectivity index (χ3v) is 1.66. The molecule has 15 heavy (non-hydrogen) atoms. The quantitative estimate of drug-likeness (QED) is 0.323. The fraction of sp³-hybridized carbons (Fsp3) is 0.600. The number of nitrogens with one attached hydrogen (secondary N) is 1. The first-order valence-corrected chi connectivity index (χ1v) is 5.20. The van der Waals surface area contributed by atoms with E-state index in [-0.39, 0.29) is 0 Å². The van der Waals surface area contributed by atoms with Gasteiger partial charge >= 0.3 is 13.8 Å². The highest BCUT2D eigenvalue weighted by molar-refractivity contribution is 7.46. The minimum atomic E-state index is -4.67. The standard InChI is InChI=1S/C5H11N2O7P/c6-3(2-14-15(11,12)13)5(10)7-1-4(8)9/h3H,1-2,6H2,(H,7,10)(H,8,9)(H2,11,12,13). The van der Waals surface area contributed by atoms with Crippen LogP contribution in [0, 0.1) is 0 Å². The van der Waals surface area contributed by atoms with Crippen molar-refractivity contribution >= 4 is 19.7 Å². The lowest BCUT2D eigenvalue weighted by molar-refractivity contribution is -0.138. The van der Waals surface area contributed by atoms with Crippen molar-refractivity contribution in [1.82, 2.24) is 5.32 Å². The second kappa shape index (κ2) is 5.79. The summed E-state index contributed by atoms with van der Waals surface area (Å²) in [6, 6.07) is -1.34. The summed E-state index contributed by atoms with van der Waals surface area (Å²) in [4.78, 5) is 37.5. The van der Waals surface area contributed by atoms with Gasteiger partial charge < -0.3 is 25.9 Å². The molecule has 0 aliphatic rings. The topological polar surface area (TPSA) is 159 Å². The van der Waals surface area contributed by atoms with Gasteiger partial charge in [0.05, 0.1) is 6.61 Å². The molecule has 0 aliphatic heterocycles. The second-order valence-corrected chi connectivity index (χ2v) is 3.74. The summed E-state index contributed by atoms with van der Waals surface area (Å²) in [5.41, 5.74) is 5.14. The largest absolute Gasteiger partial charge is 0.480 e. The summed E-state index contributed by atoms with van der Waals surface area (Å²) in [7, 11) is -4.67. The molecule has 10 heteroatoms. The normalized spacial score (nSPS) is 13.3. The number of carbonyl (C=O) groups is 2. The molecule has 1 unspecified atom stereocenters. The molecule has 0 fully saturated rings. The van der Waals surface area contributed by atoms with Crippen LogP contribution in [0.2, 0.25) is 0 Å². The maximum Gasteiger partial charge on any atom is 0.469 e. The molecular weight excluding hydrogens is 231 g/mol. The van der Waals surface area contributed by atoms with Gasteiger partial charge in [0, 0.05) is 0 Å². The van der Waals surface area contributed by atoms with Gasteiger partial charge in [0.2, 0.25) is 5.91 Å². The van der Waals surface area contributed by atoms with Gasteiger partial charge in [-0.15, -0.1) is 0 Å². The van der Waals surface area contributed by atoms with Crippen LogP contribution in [0.1, 0.15) is 0 Å². The molecule has 0 saturated heterocycles. The molecule has 0 bridgehead atoms. The minimum Gasteiger partial charge on any atom is -0.480 e. The maximum atomic E-state index is 10.9. The average molecular weight is 242 g/mol. The minimum absolute atomic E-state index is 0.623. The summed E-state index contributed by atoms with van der Waals surface area (Å²) in [6.45, 7) is -1.32. The van der Waals surface area contributed by atoms with Crippen LogP contribution in [0.3, 0.4) is 0 Å². The molecule has 0 aromatic heterocycles. The highest BCUT2D eigenvalue weighted by atomic mass is 31.2. The fourth-order valence-electron chi connectivity index (χ4n) is 0.547. The zero-order valence-corrected chi connectivity index (χ0v) is 8.39. The van der Waals surface area contributed by atoms with E-state index >= 15 is 0 Å². The van der Waals surface area contributed by atoms with Crippen LogP contribution in [-0.2, 0) is 18.7 Å². The van der Waals surface area contributed by atoms with Crippen LogP contribution in [0.4, 0.5) is 0 Å². The van der Waals surface area contributed by atoms with E-state index < -0.39 is 38.9 Å². The van der Waals surface area contributed by atoms with Crippen LogP contribution >= 0.6 is 7.82 Å². The Kier molecular flexibility index (Phi) is 5.40. The molecule has 0 heterocycles. The summed E-state index contributed by atoms with van der Waals surface area (Å²) in [6.07, 6.45) is 0. The summed E-state index contributed by atoms with van der Waals surface area (Å²) in [5.74, 6) is -2.13. The molecule has 0 aromatic rings. The summed E-state index contributed by atoms with van der Waals surface area (Å²) < 4.78 is 14.2. The van der Waals surface area contributed by atoms with Crippen LogP contribution in [0.25, 0.3) is 0 Å². The monoisotopic (exact) mass is 242 g/mol. The molecule has 0 aromatic carbocycles. The van der Waals surface area contributed by atoms with Gasteiger partial charge in [0.15, 0.2) is 0 Å².